The molecule has 4 heteroatoms. The summed E-state index contributed by atoms with van der Waals surface area (Å²) in [6.07, 6.45) is 0. The van der Waals surface area contributed by atoms with Crippen molar-refractivity contribution in [2.24, 2.45) is 0 Å². The summed E-state index contributed by atoms with van der Waals surface area (Å²) in [6, 6.07) is 13.5. The summed E-state index contributed by atoms with van der Waals surface area (Å²) >= 11 is 6.04. The van der Waals surface area contributed by atoms with E-state index in [9.17, 15) is 0 Å². The maximum atomic E-state index is 6.04. The number of halogens is 1. The van der Waals surface area contributed by atoms with Gasteiger partial charge in [-0.15, -0.1) is 0 Å². The molecule has 3 nitrogen and oxygen atoms in total. The maximum absolute atomic E-state index is 6.04. The molecule has 0 N–H and O–H groups in total. The minimum absolute atomic E-state index is 0.687. The predicted molar refractivity (Wildman–Crippen MR) is 75.8 cm³/mol. The van der Waals surface area contributed by atoms with Crippen molar-refractivity contribution in [1.82, 2.24) is 9.78 Å². The summed E-state index contributed by atoms with van der Waals surface area (Å²) in [5.74, 6) is 1.68. The van der Waals surface area contributed by atoms with Crippen LogP contribution in [0.5, 0.6) is 0 Å². The van der Waals surface area contributed by atoms with E-state index in [1.54, 1.807) is 0 Å². The zero-order chi connectivity index (χ0) is 13.4. The third-order valence-electron chi connectivity index (χ3n) is 2.88. The van der Waals surface area contributed by atoms with Crippen molar-refractivity contribution in [3.8, 4) is 17.1 Å². The molecule has 0 atom stereocenters. The van der Waals surface area contributed by atoms with E-state index in [4.69, 9.17) is 16.0 Å². The van der Waals surface area contributed by atoms with Gasteiger partial charge in [-0.25, -0.2) is 4.68 Å². The number of rotatable bonds is 2. The highest BCUT2D eigenvalue weighted by atomic mass is 35.5. The minimum atomic E-state index is 0.687. The van der Waals surface area contributed by atoms with Gasteiger partial charge in [0, 0.05) is 5.02 Å². The van der Waals surface area contributed by atoms with Crippen LogP contribution in [0.15, 0.2) is 46.9 Å². The van der Waals surface area contributed by atoms with Crippen molar-refractivity contribution in [2.45, 2.75) is 13.8 Å². The first-order chi connectivity index (χ1) is 9.13. The minimum Gasteiger partial charge on any atom is -0.460 e. The number of aromatic nitrogens is 2. The van der Waals surface area contributed by atoms with Gasteiger partial charge in [0.25, 0.3) is 0 Å². The molecule has 0 saturated carbocycles. The summed E-state index contributed by atoms with van der Waals surface area (Å²) in [5.41, 5.74) is 2.78. The average Bonchev–Trinajstić information content (AvgIpc) is 2.95. The molecule has 3 rings (SSSR count). The Balaban J connectivity index is 2.17. The number of nitrogens with zero attached hydrogens (tertiary/aromatic N) is 2. The summed E-state index contributed by atoms with van der Waals surface area (Å²) in [4.78, 5) is 0. The first kappa shape index (κ1) is 12.1. The molecule has 0 saturated heterocycles. The molecule has 3 aromatic rings. The Labute approximate surface area is 116 Å². The van der Waals surface area contributed by atoms with E-state index in [1.807, 2.05) is 61.0 Å². The molecule has 0 amide bonds. The van der Waals surface area contributed by atoms with Gasteiger partial charge < -0.3 is 4.42 Å². The van der Waals surface area contributed by atoms with Gasteiger partial charge in [-0.3, -0.25) is 0 Å². The van der Waals surface area contributed by atoms with Crippen molar-refractivity contribution in [1.29, 1.82) is 0 Å². The third-order valence-corrected chi connectivity index (χ3v) is 3.11. The molecule has 0 unspecified atom stereocenters. The highest BCUT2D eigenvalue weighted by Gasteiger charge is 2.12. The highest BCUT2D eigenvalue weighted by molar-refractivity contribution is 6.30. The van der Waals surface area contributed by atoms with Crippen LogP contribution in [0.1, 0.15) is 11.5 Å². The van der Waals surface area contributed by atoms with Crippen molar-refractivity contribution in [3.63, 3.8) is 0 Å². The molecule has 0 fully saturated rings. The fourth-order valence-electron chi connectivity index (χ4n) is 2.05. The van der Waals surface area contributed by atoms with Crippen molar-refractivity contribution < 1.29 is 4.42 Å². The van der Waals surface area contributed by atoms with Crippen LogP contribution in [0.3, 0.4) is 0 Å². The average molecular weight is 273 g/mol. The Bertz CT molecular complexity index is 727. The van der Waals surface area contributed by atoms with E-state index < -0.39 is 0 Å². The number of benzene rings is 1. The number of hydrogen-bond acceptors (Lipinski definition) is 2. The number of furan rings is 1. The lowest BCUT2D eigenvalue weighted by atomic mass is 10.2. The largest absolute Gasteiger partial charge is 0.460 e. The smallest absolute Gasteiger partial charge is 0.152 e. The second-order valence-corrected chi connectivity index (χ2v) is 4.91. The Kier molecular flexibility index (Phi) is 2.91. The van der Waals surface area contributed by atoms with Crippen molar-refractivity contribution >= 4 is 11.6 Å². The zero-order valence-corrected chi connectivity index (χ0v) is 11.5. The third kappa shape index (κ3) is 2.29. The predicted octanol–water partition coefficient (Wildman–Crippen LogP) is 4.40. The molecule has 0 bridgehead atoms. The van der Waals surface area contributed by atoms with Crippen molar-refractivity contribution in [3.05, 3.63) is 58.9 Å². The van der Waals surface area contributed by atoms with Gasteiger partial charge in [0.2, 0.25) is 0 Å². The normalized spacial score (nSPS) is 10.9. The van der Waals surface area contributed by atoms with Gasteiger partial charge in [0.1, 0.15) is 11.5 Å². The lowest BCUT2D eigenvalue weighted by molar-refractivity contribution is 0.544. The van der Waals surface area contributed by atoms with Gasteiger partial charge in [-0.05, 0) is 50.2 Å². The fourth-order valence-corrected chi connectivity index (χ4v) is 2.24. The van der Waals surface area contributed by atoms with Crippen LogP contribution in [0, 0.1) is 13.8 Å². The first-order valence-corrected chi connectivity index (χ1v) is 6.41. The Hall–Kier alpha value is -2.00. The zero-order valence-electron chi connectivity index (χ0n) is 10.7. The van der Waals surface area contributed by atoms with Gasteiger partial charge in [-0.2, -0.15) is 5.10 Å². The Morgan fingerprint density at radius 2 is 1.95 bits per heavy atom. The summed E-state index contributed by atoms with van der Waals surface area (Å²) in [5, 5.41) is 5.19. The molecular formula is C15H13ClN2O. The molecule has 0 aliphatic heterocycles. The van der Waals surface area contributed by atoms with Crippen LogP contribution in [0.4, 0.5) is 0 Å². The molecule has 19 heavy (non-hydrogen) atoms. The van der Waals surface area contributed by atoms with Gasteiger partial charge in [0.05, 0.1) is 11.4 Å². The summed E-state index contributed by atoms with van der Waals surface area (Å²) < 4.78 is 7.53. The van der Waals surface area contributed by atoms with Crippen molar-refractivity contribution in [2.75, 3.05) is 0 Å². The highest BCUT2D eigenvalue weighted by Crippen LogP contribution is 2.26. The molecule has 2 aromatic heterocycles. The summed E-state index contributed by atoms with van der Waals surface area (Å²) in [7, 11) is 0. The van der Waals surface area contributed by atoms with E-state index in [-0.39, 0.29) is 0 Å². The van der Waals surface area contributed by atoms with Crippen LogP contribution in [-0.4, -0.2) is 9.78 Å². The lowest BCUT2D eigenvalue weighted by Gasteiger charge is -2.05. The standard InChI is InChI=1S/C15H13ClN2O/c1-10-8-14(15-7-6-11(2)19-15)18(17-10)13-5-3-4-12(16)9-13/h3-9H,1-2H3. The maximum Gasteiger partial charge on any atom is 0.152 e. The second kappa shape index (κ2) is 4.59. The van der Waals surface area contributed by atoms with Crippen LogP contribution in [0.25, 0.3) is 17.1 Å². The Morgan fingerprint density at radius 1 is 1.11 bits per heavy atom. The molecule has 0 aliphatic carbocycles. The van der Waals surface area contributed by atoms with E-state index in [0.29, 0.717) is 5.02 Å². The quantitative estimate of drug-likeness (QED) is 0.692. The monoisotopic (exact) mass is 272 g/mol. The molecular weight excluding hydrogens is 260 g/mol. The van der Waals surface area contributed by atoms with E-state index >= 15 is 0 Å². The van der Waals surface area contributed by atoms with E-state index in [1.165, 1.54) is 0 Å². The fraction of sp³-hybridized carbons (Fsp3) is 0.133. The molecule has 2 heterocycles. The van der Waals surface area contributed by atoms with Gasteiger partial charge in [-0.1, -0.05) is 17.7 Å². The molecule has 0 radical (unpaired) electrons. The number of aryl methyl sites for hydroxylation is 2. The summed E-state index contributed by atoms with van der Waals surface area (Å²) in [6.45, 7) is 3.89. The molecule has 0 aliphatic rings. The van der Waals surface area contributed by atoms with Gasteiger partial charge >= 0.3 is 0 Å². The lowest BCUT2D eigenvalue weighted by Crippen LogP contribution is -1.98. The van der Waals surface area contributed by atoms with Crippen LogP contribution in [-0.2, 0) is 0 Å². The van der Waals surface area contributed by atoms with Crippen LogP contribution >= 0.6 is 11.6 Å². The van der Waals surface area contributed by atoms with Crippen LogP contribution < -0.4 is 0 Å². The van der Waals surface area contributed by atoms with E-state index in [2.05, 4.69) is 5.10 Å². The van der Waals surface area contributed by atoms with Gasteiger partial charge in [0.15, 0.2) is 5.76 Å². The molecule has 1 aromatic carbocycles. The van der Waals surface area contributed by atoms with Crippen LogP contribution in [0.2, 0.25) is 5.02 Å². The molecule has 0 spiro atoms. The Morgan fingerprint density at radius 3 is 2.63 bits per heavy atom. The first-order valence-electron chi connectivity index (χ1n) is 6.03. The topological polar surface area (TPSA) is 31.0 Å². The second-order valence-electron chi connectivity index (χ2n) is 4.47. The SMILES string of the molecule is Cc1cc(-c2ccc(C)o2)n(-c2cccc(Cl)c2)n1. The molecule has 96 valence electrons. The van der Waals surface area contributed by atoms with E-state index in [0.717, 1.165) is 28.6 Å². The number of hydrogen-bond donors (Lipinski definition) is 0.